The zero-order chi connectivity index (χ0) is 11.9. The van der Waals surface area contributed by atoms with E-state index in [9.17, 15) is 5.11 Å². The summed E-state index contributed by atoms with van der Waals surface area (Å²) in [6.45, 7) is 5.97. The standard InChI is InChI=1S/C14H15BrO/c1-8-9(2)14(15)12-7-5-4-6-11(12)13(8)10(3)16/h4-7,10,16H,1-3H3. The minimum Gasteiger partial charge on any atom is -0.389 e. The summed E-state index contributed by atoms with van der Waals surface area (Å²) in [5.74, 6) is 0. The van der Waals surface area contributed by atoms with Gasteiger partial charge in [-0.1, -0.05) is 24.3 Å². The summed E-state index contributed by atoms with van der Waals surface area (Å²) in [7, 11) is 0. The predicted octanol–water partition coefficient (Wildman–Crippen LogP) is 4.27. The van der Waals surface area contributed by atoms with Crippen LogP contribution in [0.15, 0.2) is 28.7 Å². The molecule has 2 aromatic rings. The molecule has 0 aliphatic heterocycles. The first-order chi connectivity index (χ1) is 7.54. The maximum Gasteiger partial charge on any atom is 0.0770 e. The molecule has 0 aliphatic rings. The largest absolute Gasteiger partial charge is 0.389 e. The zero-order valence-electron chi connectivity index (χ0n) is 9.71. The van der Waals surface area contributed by atoms with E-state index in [1.807, 2.05) is 19.1 Å². The summed E-state index contributed by atoms with van der Waals surface area (Å²) in [4.78, 5) is 0. The average Bonchev–Trinajstić information content (AvgIpc) is 2.26. The molecule has 0 radical (unpaired) electrons. The molecule has 0 amide bonds. The highest BCUT2D eigenvalue weighted by Gasteiger charge is 2.15. The number of hydrogen-bond donors (Lipinski definition) is 1. The Kier molecular flexibility index (Phi) is 3.04. The van der Waals surface area contributed by atoms with Crippen molar-refractivity contribution < 1.29 is 5.11 Å². The third-order valence-corrected chi connectivity index (χ3v) is 4.19. The molecule has 0 heterocycles. The molecule has 0 aliphatic carbocycles. The topological polar surface area (TPSA) is 20.2 Å². The molecule has 0 bridgehead atoms. The van der Waals surface area contributed by atoms with Crippen molar-refractivity contribution in [2.75, 3.05) is 0 Å². The van der Waals surface area contributed by atoms with E-state index in [0.717, 1.165) is 15.4 Å². The normalized spacial score (nSPS) is 13.1. The Morgan fingerprint density at radius 1 is 1.06 bits per heavy atom. The highest BCUT2D eigenvalue weighted by molar-refractivity contribution is 9.10. The lowest BCUT2D eigenvalue weighted by Gasteiger charge is -2.17. The van der Waals surface area contributed by atoms with Gasteiger partial charge in [0, 0.05) is 4.47 Å². The van der Waals surface area contributed by atoms with Gasteiger partial charge in [-0.25, -0.2) is 0 Å². The van der Waals surface area contributed by atoms with Gasteiger partial charge in [-0.15, -0.1) is 0 Å². The van der Waals surface area contributed by atoms with E-state index in [1.54, 1.807) is 0 Å². The molecular weight excluding hydrogens is 264 g/mol. The van der Waals surface area contributed by atoms with E-state index < -0.39 is 6.10 Å². The molecule has 1 nitrogen and oxygen atoms in total. The van der Waals surface area contributed by atoms with E-state index in [2.05, 4.69) is 41.9 Å². The van der Waals surface area contributed by atoms with Gasteiger partial charge >= 0.3 is 0 Å². The minimum atomic E-state index is -0.434. The number of aliphatic hydroxyl groups is 1. The average molecular weight is 279 g/mol. The second kappa shape index (κ2) is 4.19. The molecule has 2 heteroatoms. The van der Waals surface area contributed by atoms with Crippen LogP contribution in [0.5, 0.6) is 0 Å². The first-order valence-electron chi connectivity index (χ1n) is 5.39. The lowest BCUT2D eigenvalue weighted by molar-refractivity contribution is 0.200. The van der Waals surface area contributed by atoms with Crippen LogP contribution in [0, 0.1) is 13.8 Å². The Hall–Kier alpha value is -0.860. The summed E-state index contributed by atoms with van der Waals surface area (Å²) in [5, 5.41) is 12.2. The van der Waals surface area contributed by atoms with Crippen molar-refractivity contribution in [3.05, 3.63) is 45.4 Å². The first kappa shape index (κ1) is 11.6. The lowest BCUT2D eigenvalue weighted by atomic mass is 9.93. The molecule has 16 heavy (non-hydrogen) atoms. The first-order valence-corrected chi connectivity index (χ1v) is 6.18. The molecule has 1 atom stereocenters. The Morgan fingerprint density at radius 3 is 2.19 bits per heavy atom. The van der Waals surface area contributed by atoms with Crippen molar-refractivity contribution in [1.29, 1.82) is 0 Å². The molecule has 2 rings (SSSR count). The van der Waals surface area contributed by atoms with Gasteiger partial charge in [-0.05, 0) is 64.2 Å². The van der Waals surface area contributed by atoms with Crippen molar-refractivity contribution >= 4 is 26.7 Å². The van der Waals surface area contributed by atoms with Gasteiger partial charge in [0.2, 0.25) is 0 Å². The molecule has 1 unspecified atom stereocenters. The van der Waals surface area contributed by atoms with Crippen molar-refractivity contribution in [2.45, 2.75) is 26.9 Å². The fourth-order valence-corrected chi connectivity index (χ4v) is 2.86. The quantitative estimate of drug-likeness (QED) is 0.826. The molecule has 1 N–H and O–H groups in total. The number of halogens is 1. The molecule has 0 spiro atoms. The van der Waals surface area contributed by atoms with Crippen LogP contribution in [-0.4, -0.2) is 5.11 Å². The van der Waals surface area contributed by atoms with Crippen molar-refractivity contribution in [2.24, 2.45) is 0 Å². The van der Waals surface area contributed by atoms with E-state index in [1.165, 1.54) is 16.5 Å². The molecule has 0 fully saturated rings. The van der Waals surface area contributed by atoms with Gasteiger partial charge in [-0.2, -0.15) is 0 Å². The van der Waals surface area contributed by atoms with Crippen LogP contribution in [0.1, 0.15) is 29.7 Å². The van der Waals surface area contributed by atoms with Crippen molar-refractivity contribution in [3.8, 4) is 0 Å². The maximum absolute atomic E-state index is 9.90. The van der Waals surface area contributed by atoms with Gasteiger partial charge in [-0.3, -0.25) is 0 Å². The van der Waals surface area contributed by atoms with Gasteiger partial charge < -0.3 is 5.11 Å². The van der Waals surface area contributed by atoms with Crippen LogP contribution < -0.4 is 0 Å². The van der Waals surface area contributed by atoms with Crippen LogP contribution in [0.3, 0.4) is 0 Å². The summed E-state index contributed by atoms with van der Waals surface area (Å²) in [6, 6.07) is 8.18. The highest BCUT2D eigenvalue weighted by atomic mass is 79.9. The van der Waals surface area contributed by atoms with E-state index >= 15 is 0 Å². The third-order valence-electron chi connectivity index (χ3n) is 3.17. The SMILES string of the molecule is Cc1c(C)c(C(C)O)c2ccccc2c1Br. The maximum atomic E-state index is 9.90. The van der Waals surface area contributed by atoms with Crippen LogP contribution in [0.4, 0.5) is 0 Å². The fraction of sp³-hybridized carbons (Fsp3) is 0.286. The Labute approximate surface area is 104 Å². The molecule has 0 saturated carbocycles. The predicted molar refractivity (Wildman–Crippen MR) is 71.8 cm³/mol. The fourth-order valence-electron chi connectivity index (χ4n) is 2.22. The monoisotopic (exact) mass is 278 g/mol. The summed E-state index contributed by atoms with van der Waals surface area (Å²) in [5.41, 5.74) is 3.41. The summed E-state index contributed by atoms with van der Waals surface area (Å²) in [6.07, 6.45) is -0.434. The molecule has 0 saturated heterocycles. The van der Waals surface area contributed by atoms with E-state index in [0.29, 0.717) is 0 Å². The minimum absolute atomic E-state index is 0.434. The second-order valence-electron chi connectivity index (χ2n) is 4.20. The lowest BCUT2D eigenvalue weighted by Crippen LogP contribution is -2.00. The molecular formula is C14H15BrO. The van der Waals surface area contributed by atoms with Crippen LogP contribution in [0.25, 0.3) is 10.8 Å². The summed E-state index contributed by atoms with van der Waals surface area (Å²) >= 11 is 3.63. The molecule has 84 valence electrons. The third kappa shape index (κ3) is 1.66. The number of benzene rings is 2. The Bertz CT molecular complexity index is 544. The van der Waals surface area contributed by atoms with Crippen molar-refractivity contribution in [1.82, 2.24) is 0 Å². The number of fused-ring (bicyclic) bond motifs is 1. The smallest absolute Gasteiger partial charge is 0.0770 e. The summed E-state index contributed by atoms with van der Waals surface area (Å²) < 4.78 is 1.13. The van der Waals surface area contributed by atoms with Crippen LogP contribution in [0.2, 0.25) is 0 Å². The Morgan fingerprint density at radius 2 is 1.62 bits per heavy atom. The number of rotatable bonds is 1. The van der Waals surface area contributed by atoms with Crippen LogP contribution in [-0.2, 0) is 0 Å². The van der Waals surface area contributed by atoms with E-state index in [-0.39, 0.29) is 0 Å². The highest BCUT2D eigenvalue weighted by Crippen LogP contribution is 2.36. The molecule has 0 aromatic heterocycles. The van der Waals surface area contributed by atoms with Gasteiger partial charge in [0.05, 0.1) is 6.10 Å². The van der Waals surface area contributed by atoms with Crippen molar-refractivity contribution in [3.63, 3.8) is 0 Å². The van der Waals surface area contributed by atoms with Crippen LogP contribution >= 0.6 is 15.9 Å². The number of aliphatic hydroxyl groups excluding tert-OH is 1. The number of hydrogen-bond acceptors (Lipinski definition) is 1. The van der Waals surface area contributed by atoms with Gasteiger partial charge in [0.15, 0.2) is 0 Å². The molecule has 2 aromatic carbocycles. The zero-order valence-corrected chi connectivity index (χ0v) is 11.3. The second-order valence-corrected chi connectivity index (χ2v) is 4.99. The van der Waals surface area contributed by atoms with Gasteiger partial charge in [0.1, 0.15) is 0 Å². The Balaban J connectivity index is 2.98. The van der Waals surface area contributed by atoms with Gasteiger partial charge in [0.25, 0.3) is 0 Å². The van der Waals surface area contributed by atoms with E-state index in [4.69, 9.17) is 0 Å².